The van der Waals surface area contributed by atoms with Gasteiger partial charge in [-0.3, -0.25) is 9.69 Å². The maximum Gasteiger partial charge on any atom is 0.285 e. The molecule has 2 aromatic carbocycles. The molecule has 1 fully saturated rings. The quantitative estimate of drug-likeness (QED) is 0.605. The molecule has 0 unspecified atom stereocenters. The summed E-state index contributed by atoms with van der Waals surface area (Å²) in [4.78, 5) is 22.0. The van der Waals surface area contributed by atoms with Crippen LogP contribution >= 0.6 is 11.3 Å². The monoisotopic (exact) mass is 454 g/mol. The molecule has 0 aliphatic carbocycles. The largest absolute Gasteiger partial charge is 0.355 e. The predicted octanol–water partition coefficient (Wildman–Crippen LogP) is 3.51. The number of anilines is 1. The number of carbonyl (C=O) groups excluding carboxylic acids is 1. The molecule has 1 saturated heterocycles. The zero-order chi connectivity index (χ0) is 21.6. The number of aromatic nitrogens is 1. The minimum atomic E-state index is -3.68. The molecule has 0 bridgehead atoms. The van der Waals surface area contributed by atoms with E-state index in [1.54, 1.807) is 23.1 Å². The lowest BCUT2D eigenvalue weighted by molar-refractivity contribution is -0.123. The van der Waals surface area contributed by atoms with E-state index in [4.69, 9.17) is 0 Å². The maximum atomic E-state index is 13.4. The van der Waals surface area contributed by atoms with E-state index in [0.717, 1.165) is 23.1 Å². The average molecular weight is 455 g/mol. The van der Waals surface area contributed by atoms with Crippen LogP contribution in [-0.2, 0) is 14.8 Å². The summed E-state index contributed by atoms with van der Waals surface area (Å²) >= 11 is 1.52. The van der Waals surface area contributed by atoms with Crippen molar-refractivity contribution in [1.29, 1.82) is 0 Å². The normalized spacial score (nSPS) is 19.8. The molecule has 9 heteroatoms. The zero-order valence-electron chi connectivity index (χ0n) is 17.1. The summed E-state index contributed by atoms with van der Waals surface area (Å²) < 4.78 is 30.0. The van der Waals surface area contributed by atoms with Crippen molar-refractivity contribution in [3.8, 4) is 0 Å². The Labute approximate surface area is 185 Å². The van der Waals surface area contributed by atoms with Crippen LogP contribution < -0.4 is 4.90 Å². The molecule has 7 nitrogen and oxygen atoms in total. The number of sulfonamides is 1. The van der Waals surface area contributed by atoms with Crippen molar-refractivity contribution in [2.24, 2.45) is 10.3 Å². The predicted molar refractivity (Wildman–Crippen MR) is 122 cm³/mol. The number of thiazole rings is 1. The second-order valence-electron chi connectivity index (χ2n) is 7.72. The van der Waals surface area contributed by atoms with Crippen molar-refractivity contribution < 1.29 is 13.2 Å². The molecular weight excluding hydrogens is 432 g/mol. The molecule has 0 saturated carbocycles. The van der Waals surface area contributed by atoms with Crippen LogP contribution in [0.2, 0.25) is 0 Å². The van der Waals surface area contributed by atoms with E-state index in [1.165, 1.54) is 11.3 Å². The lowest BCUT2D eigenvalue weighted by Gasteiger charge is -2.35. The standard InChI is InChI=1S/C22H22N4O3S2/c1-2-26(22-23-17-10-4-5-11-18(17)30-22)21(27)15-8-7-13-25(14-15)20-16-9-3-6-12-19(16)31(28,29)24-20/h3-6,9-12,15H,2,7-8,13-14H2,1H3/t15-/m0/s1. The van der Waals surface area contributed by atoms with Gasteiger partial charge in [-0.25, -0.2) is 4.98 Å². The molecule has 0 spiro atoms. The number of amides is 1. The van der Waals surface area contributed by atoms with Crippen molar-refractivity contribution in [3.63, 3.8) is 0 Å². The second-order valence-corrected chi connectivity index (χ2v) is 10.3. The minimum Gasteiger partial charge on any atom is -0.355 e. The number of carbonyl (C=O) groups is 1. The summed E-state index contributed by atoms with van der Waals surface area (Å²) in [5, 5.41) is 0.706. The Morgan fingerprint density at radius 3 is 2.77 bits per heavy atom. The first-order valence-electron chi connectivity index (χ1n) is 10.3. The molecule has 5 rings (SSSR count). The molecule has 1 aromatic heterocycles. The third-order valence-electron chi connectivity index (χ3n) is 5.78. The fourth-order valence-corrected chi connectivity index (χ4v) is 6.53. The fraction of sp³-hybridized carbons (Fsp3) is 0.318. The molecule has 0 radical (unpaired) electrons. The van der Waals surface area contributed by atoms with E-state index in [2.05, 4.69) is 9.38 Å². The van der Waals surface area contributed by atoms with Gasteiger partial charge in [0, 0.05) is 25.2 Å². The molecule has 3 heterocycles. The maximum absolute atomic E-state index is 13.4. The molecule has 0 N–H and O–H groups in total. The van der Waals surface area contributed by atoms with Crippen LogP contribution in [0.25, 0.3) is 10.2 Å². The summed E-state index contributed by atoms with van der Waals surface area (Å²) in [7, 11) is -3.68. The Morgan fingerprint density at radius 1 is 1.19 bits per heavy atom. The third kappa shape index (κ3) is 3.51. The first-order chi connectivity index (χ1) is 15.0. The van der Waals surface area contributed by atoms with Crippen molar-refractivity contribution >= 4 is 48.5 Å². The van der Waals surface area contributed by atoms with E-state index < -0.39 is 10.0 Å². The summed E-state index contributed by atoms with van der Waals surface area (Å²) in [6.07, 6.45) is 1.56. The zero-order valence-corrected chi connectivity index (χ0v) is 18.7. The number of para-hydroxylation sites is 1. The second kappa shape index (κ2) is 7.72. The van der Waals surface area contributed by atoms with Crippen LogP contribution in [-0.4, -0.2) is 49.7 Å². The first-order valence-corrected chi connectivity index (χ1v) is 12.6. The Bertz CT molecular complexity index is 1270. The van der Waals surface area contributed by atoms with Gasteiger partial charge >= 0.3 is 0 Å². The minimum absolute atomic E-state index is 0.0287. The van der Waals surface area contributed by atoms with Gasteiger partial charge in [0.05, 0.1) is 16.1 Å². The first kappa shape index (κ1) is 20.1. The topological polar surface area (TPSA) is 82.9 Å². The van der Waals surface area contributed by atoms with Crippen molar-refractivity contribution in [3.05, 3.63) is 54.1 Å². The van der Waals surface area contributed by atoms with Gasteiger partial charge in [-0.15, -0.1) is 4.40 Å². The average Bonchev–Trinajstić information content (AvgIpc) is 3.33. The number of hydrogen-bond donors (Lipinski definition) is 0. The Morgan fingerprint density at radius 2 is 1.97 bits per heavy atom. The Balaban J connectivity index is 1.40. The van der Waals surface area contributed by atoms with Gasteiger partial charge in [0.15, 0.2) is 11.0 Å². The van der Waals surface area contributed by atoms with Gasteiger partial charge < -0.3 is 4.90 Å². The summed E-state index contributed by atoms with van der Waals surface area (Å²) in [6, 6.07) is 14.7. The number of piperidine rings is 1. The van der Waals surface area contributed by atoms with E-state index in [1.807, 2.05) is 42.2 Å². The van der Waals surface area contributed by atoms with Crippen LogP contribution in [0.3, 0.4) is 0 Å². The lowest BCUT2D eigenvalue weighted by Crippen LogP contribution is -2.47. The van der Waals surface area contributed by atoms with Crippen molar-refractivity contribution in [2.75, 3.05) is 24.5 Å². The fourth-order valence-electron chi connectivity index (χ4n) is 4.27. The number of likely N-dealkylation sites (tertiary alicyclic amines) is 1. The summed E-state index contributed by atoms with van der Waals surface area (Å²) in [6.45, 7) is 3.62. The van der Waals surface area contributed by atoms with Crippen LogP contribution in [0.5, 0.6) is 0 Å². The van der Waals surface area contributed by atoms with Crippen LogP contribution in [0.4, 0.5) is 5.13 Å². The smallest absolute Gasteiger partial charge is 0.285 e. The van der Waals surface area contributed by atoms with E-state index in [0.29, 0.717) is 36.2 Å². The molecule has 2 aliphatic heterocycles. The number of amidine groups is 1. The molecule has 160 valence electrons. The third-order valence-corrected chi connectivity index (χ3v) is 8.16. The van der Waals surface area contributed by atoms with Gasteiger partial charge in [-0.05, 0) is 44.0 Å². The van der Waals surface area contributed by atoms with E-state index in [9.17, 15) is 13.2 Å². The highest BCUT2D eigenvalue weighted by Gasteiger charge is 2.36. The molecule has 31 heavy (non-hydrogen) atoms. The molecular formula is C22H22N4O3S2. The molecule has 3 aromatic rings. The van der Waals surface area contributed by atoms with Crippen LogP contribution in [0.15, 0.2) is 57.8 Å². The van der Waals surface area contributed by atoms with Gasteiger partial charge in [0.2, 0.25) is 5.91 Å². The number of hydrogen-bond acceptors (Lipinski definition) is 6. The van der Waals surface area contributed by atoms with E-state index in [-0.39, 0.29) is 16.7 Å². The van der Waals surface area contributed by atoms with Crippen LogP contribution in [0, 0.1) is 5.92 Å². The van der Waals surface area contributed by atoms with Gasteiger partial charge in [0.25, 0.3) is 10.0 Å². The number of benzene rings is 2. The SMILES string of the molecule is CCN(C(=O)[C@H]1CCCN(C2=NS(=O)(=O)c3ccccc32)C1)c1nc2ccccc2s1. The summed E-state index contributed by atoms with van der Waals surface area (Å²) in [5.74, 6) is 0.246. The highest BCUT2D eigenvalue weighted by molar-refractivity contribution is 7.90. The number of rotatable bonds is 3. The van der Waals surface area contributed by atoms with Crippen molar-refractivity contribution in [2.45, 2.75) is 24.7 Å². The van der Waals surface area contributed by atoms with Gasteiger partial charge in [-0.1, -0.05) is 35.6 Å². The summed E-state index contributed by atoms with van der Waals surface area (Å²) in [5.41, 5.74) is 1.51. The van der Waals surface area contributed by atoms with Crippen LogP contribution in [0.1, 0.15) is 25.3 Å². The number of fused-ring (bicyclic) bond motifs is 2. The number of nitrogens with zero attached hydrogens (tertiary/aromatic N) is 4. The molecule has 2 aliphatic rings. The molecule has 1 atom stereocenters. The van der Waals surface area contributed by atoms with Gasteiger partial charge in [-0.2, -0.15) is 8.42 Å². The Hall–Kier alpha value is -2.78. The highest BCUT2D eigenvalue weighted by atomic mass is 32.2. The highest BCUT2D eigenvalue weighted by Crippen LogP contribution is 2.32. The van der Waals surface area contributed by atoms with E-state index >= 15 is 0 Å². The van der Waals surface area contributed by atoms with Crippen molar-refractivity contribution in [1.82, 2.24) is 9.88 Å². The van der Waals surface area contributed by atoms with Gasteiger partial charge in [0.1, 0.15) is 4.90 Å². The Kier molecular flexibility index (Phi) is 5.02. The lowest BCUT2D eigenvalue weighted by atomic mass is 9.96. The molecule has 1 amide bonds.